The zero-order chi connectivity index (χ0) is 31.4. The Labute approximate surface area is 263 Å². The fraction of sp³-hybridized carbons (Fsp3) is 0.179. The van der Waals surface area contributed by atoms with Gasteiger partial charge in [-0.1, -0.05) is 123 Å². The van der Waals surface area contributed by atoms with Gasteiger partial charge in [0.05, 0.1) is 18.6 Å². The van der Waals surface area contributed by atoms with Crippen molar-refractivity contribution in [2.75, 3.05) is 13.2 Å². The summed E-state index contributed by atoms with van der Waals surface area (Å²) in [6.07, 6.45) is 3.81. The highest BCUT2D eigenvalue weighted by Gasteiger charge is 2.42. The SMILES string of the molecule is CC(C)C(O)(c1ccc2cc(C(=O)NCCO)ccc2c1)c1cn(C(c2ccccc2)(c2ccccc2)c2ccccc2)cn1. The molecule has 6 rings (SSSR count). The second-order valence-electron chi connectivity index (χ2n) is 11.7. The predicted octanol–water partition coefficient (Wildman–Crippen LogP) is 6.49. The fourth-order valence-corrected chi connectivity index (χ4v) is 6.36. The third kappa shape index (κ3) is 5.33. The minimum absolute atomic E-state index is 0.116. The molecule has 0 fully saturated rings. The van der Waals surface area contributed by atoms with Crippen LogP contribution in [0.3, 0.4) is 0 Å². The largest absolute Gasteiger partial charge is 0.395 e. The van der Waals surface area contributed by atoms with Crippen molar-refractivity contribution < 1.29 is 15.0 Å². The summed E-state index contributed by atoms with van der Waals surface area (Å²) in [6.45, 7) is 4.08. The summed E-state index contributed by atoms with van der Waals surface area (Å²) < 4.78 is 2.12. The van der Waals surface area contributed by atoms with Crippen molar-refractivity contribution in [1.29, 1.82) is 0 Å². The average Bonchev–Trinajstić information content (AvgIpc) is 3.59. The van der Waals surface area contributed by atoms with E-state index in [4.69, 9.17) is 10.1 Å². The molecule has 45 heavy (non-hydrogen) atoms. The number of hydrogen-bond acceptors (Lipinski definition) is 4. The summed E-state index contributed by atoms with van der Waals surface area (Å²) in [5, 5.41) is 26.1. The molecule has 0 aliphatic carbocycles. The van der Waals surface area contributed by atoms with Crippen LogP contribution in [0.5, 0.6) is 0 Å². The van der Waals surface area contributed by atoms with Gasteiger partial charge in [0, 0.05) is 18.3 Å². The zero-order valence-electron chi connectivity index (χ0n) is 25.5. The molecule has 3 N–H and O–H groups in total. The highest BCUT2D eigenvalue weighted by atomic mass is 16.3. The van der Waals surface area contributed by atoms with Crippen molar-refractivity contribution in [3.63, 3.8) is 0 Å². The monoisotopic (exact) mass is 595 g/mol. The maximum absolute atomic E-state index is 12.6. The summed E-state index contributed by atoms with van der Waals surface area (Å²) in [5.41, 5.74) is 2.86. The Morgan fingerprint density at radius 2 is 1.29 bits per heavy atom. The molecule has 0 aliphatic heterocycles. The minimum atomic E-state index is -1.40. The van der Waals surface area contributed by atoms with Gasteiger partial charge >= 0.3 is 0 Å². The van der Waals surface area contributed by atoms with Gasteiger partial charge in [0.2, 0.25) is 0 Å². The molecule has 1 amide bonds. The second kappa shape index (κ2) is 12.5. The molecule has 5 aromatic carbocycles. The van der Waals surface area contributed by atoms with E-state index in [2.05, 4.69) is 82.7 Å². The Bertz CT molecular complexity index is 1810. The van der Waals surface area contributed by atoms with Gasteiger partial charge in [-0.15, -0.1) is 0 Å². The van der Waals surface area contributed by atoms with Gasteiger partial charge in [0.15, 0.2) is 0 Å². The van der Waals surface area contributed by atoms with Crippen LogP contribution in [0.2, 0.25) is 0 Å². The number of rotatable bonds is 10. The van der Waals surface area contributed by atoms with E-state index in [9.17, 15) is 9.90 Å². The van der Waals surface area contributed by atoms with Crippen LogP contribution in [0.1, 0.15) is 52.2 Å². The minimum Gasteiger partial charge on any atom is -0.395 e. The van der Waals surface area contributed by atoms with Gasteiger partial charge in [0.1, 0.15) is 11.1 Å². The number of carbonyl (C=O) groups excluding carboxylic acids is 1. The van der Waals surface area contributed by atoms with E-state index in [1.54, 1.807) is 6.07 Å². The van der Waals surface area contributed by atoms with Crippen LogP contribution in [-0.4, -0.2) is 38.8 Å². The third-order valence-electron chi connectivity index (χ3n) is 8.71. The summed E-state index contributed by atoms with van der Waals surface area (Å²) in [7, 11) is 0. The number of aliphatic hydroxyl groups excluding tert-OH is 1. The Morgan fingerprint density at radius 1 is 0.756 bits per heavy atom. The van der Waals surface area contributed by atoms with Crippen LogP contribution in [-0.2, 0) is 11.1 Å². The smallest absolute Gasteiger partial charge is 0.251 e. The molecule has 0 bridgehead atoms. The number of nitrogens with zero attached hydrogens (tertiary/aromatic N) is 2. The number of aromatic nitrogens is 2. The maximum Gasteiger partial charge on any atom is 0.251 e. The quantitative estimate of drug-likeness (QED) is 0.158. The summed E-state index contributed by atoms with van der Waals surface area (Å²) in [6, 6.07) is 42.5. The molecule has 226 valence electrons. The highest BCUT2D eigenvalue weighted by Crippen LogP contribution is 2.43. The molecular formula is C39H37N3O3. The van der Waals surface area contributed by atoms with Crippen molar-refractivity contribution >= 4 is 16.7 Å². The first-order valence-corrected chi connectivity index (χ1v) is 15.3. The first-order chi connectivity index (χ1) is 21.9. The highest BCUT2D eigenvalue weighted by molar-refractivity contribution is 5.98. The number of aliphatic hydroxyl groups is 2. The van der Waals surface area contributed by atoms with Crippen LogP contribution >= 0.6 is 0 Å². The molecule has 0 aliphatic rings. The lowest BCUT2D eigenvalue weighted by molar-refractivity contribution is 0.0279. The van der Waals surface area contributed by atoms with E-state index in [1.165, 1.54) is 0 Å². The van der Waals surface area contributed by atoms with Crippen LogP contribution in [0.15, 0.2) is 140 Å². The standard InChI is InChI=1S/C39H37N3O3/c1-28(2)39(45,35-21-20-29-24-31(19-18-30(29)25-35)37(44)40-22-23-43)36-26-42(27-41-36)38(32-12-6-3-7-13-32,33-14-8-4-9-15-33)34-16-10-5-11-17-34/h3-21,24-28,43,45H,22-23H2,1-2H3,(H,40,44). The Morgan fingerprint density at radius 3 is 1.82 bits per heavy atom. The lowest BCUT2D eigenvalue weighted by Gasteiger charge is -2.37. The van der Waals surface area contributed by atoms with Gasteiger partial charge in [0.25, 0.3) is 5.91 Å². The molecule has 1 aromatic heterocycles. The van der Waals surface area contributed by atoms with E-state index in [-0.39, 0.29) is 25.0 Å². The lowest BCUT2D eigenvalue weighted by Crippen LogP contribution is -2.37. The normalized spacial score (nSPS) is 13.1. The van der Waals surface area contributed by atoms with E-state index in [0.29, 0.717) is 11.3 Å². The van der Waals surface area contributed by atoms with E-state index in [1.807, 2.05) is 74.9 Å². The number of fused-ring (bicyclic) bond motifs is 1. The predicted molar refractivity (Wildman–Crippen MR) is 178 cm³/mol. The molecule has 6 aromatic rings. The molecule has 0 saturated carbocycles. The van der Waals surface area contributed by atoms with Gasteiger partial charge in [-0.2, -0.15) is 0 Å². The van der Waals surface area contributed by atoms with Gasteiger partial charge in [-0.3, -0.25) is 4.79 Å². The van der Waals surface area contributed by atoms with E-state index in [0.717, 1.165) is 33.0 Å². The van der Waals surface area contributed by atoms with E-state index >= 15 is 0 Å². The molecule has 1 heterocycles. The fourth-order valence-electron chi connectivity index (χ4n) is 6.36. The maximum atomic E-state index is 12.6. The summed E-state index contributed by atoms with van der Waals surface area (Å²) in [5.74, 6) is -0.445. The zero-order valence-corrected chi connectivity index (χ0v) is 25.5. The molecule has 6 heteroatoms. The second-order valence-corrected chi connectivity index (χ2v) is 11.7. The third-order valence-corrected chi connectivity index (χ3v) is 8.71. The lowest BCUT2D eigenvalue weighted by atomic mass is 9.76. The molecule has 0 spiro atoms. The van der Waals surface area contributed by atoms with Gasteiger partial charge in [-0.05, 0) is 57.1 Å². The number of carbonyl (C=O) groups is 1. The van der Waals surface area contributed by atoms with Crippen molar-refractivity contribution in [2.45, 2.75) is 25.0 Å². The van der Waals surface area contributed by atoms with Crippen molar-refractivity contribution in [1.82, 2.24) is 14.9 Å². The molecule has 1 atom stereocenters. The van der Waals surface area contributed by atoms with Gasteiger partial charge in [-0.25, -0.2) is 4.98 Å². The summed E-state index contributed by atoms with van der Waals surface area (Å²) in [4.78, 5) is 17.4. The topological polar surface area (TPSA) is 87.4 Å². The van der Waals surface area contributed by atoms with Crippen LogP contribution in [0.25, 0.3) is 10.8 Å². The average molecular weight is 596 g/mol. The molecule has 6 nitrogen and oxygen atoms in total. The number of nitrogens with one attached hydrogen (secondary N) is 1. The molecular weight excluding hydrogens is 558 g/mol. The summed E-state index contributed by atoms with van der Waals surface area (Å²) >= 11 is 0. The van der Waals surface area contributed by atoms with Crippen molar-refractivity contribution in [3.8, 4) is 0 Å². The first-order valence-electron chi connectivity index (χ1n) is 15.3. The molecule has 0 radical (unpaired) electrons. The number of imidazole rings is 1. The number of hydrogen-bond donors (Lipinski definition) is 3. The number of benzene rings is 5. The van der Waals surface area contributed by atoms with Crippen molar-refractivity contribution in [2.24, 2.45) is 5.92 Å². The molecule has 0 saturated heterocycles. The Kier molecular flexibility index (Phi) is 8.35. The number of amides is 1. The Hall–Kier alpha value is -5.04. The van der Waals surface area contributed by atoms with Crippen LogP contribution in [0.4, 0.5) is 0 Å². The first kappa shape index (κ1) is 30.0. The van der Waals surface area contributed by atoms with Crippen LogP contribution in [0, 0.1) is 5.92 Å². The Balaban J connectivity index is 1.50. The van der Waals surface area contributed by atoms with E-state index < -0.39 is 11.1 Å². The van der Waals surface area contributed by atoms with Crippen molar-refractivity contribution in [3.05, 3.63) is 173 Å². The van der Waals surface area contributed by atoms with Gasteiger partial charge < -0.3 is 20.1 Å². The van der Waals surface area contributed by atoms with Crippen LogP contribution < -0.4 is 5.32 Å². The molecule has 1 unspecified atom stereocenters.